The predicted octanol–water partition coefficient (Wildman–Crippen LogP) is 3.91. The van der Waals surface area contributed by atoms with E-state index in [1.807, 2.05) is 50.3 Å². The van der Waals surface area contributed by atoms with Crippen molar-refractivity contribution in [2.45, 2.75) is 26.7 Å². The Hall–Kier alpha value is -3.41. The number of rotatable bonds is 7. The summed E-state index contributed by atoms with van der Waals surface area (Å²) in [6.07, 6.45) is 6.38. The Morgan fingerprint density at radius 2 is 2.04 bits per heavy atom. The van der Waals surface area contributed by atoms with Crippen molar-refractivity contribution in [3.05, 3.63) is 75.3 Å². The molecule has 0 fully saturated rings. The lowest BCUT2D eigenvalue weighted by atomic mass is 10.1. The number of nitrogens with zero attached hydrogens (tertiary/aromatic N) is 2. The van der Waals surface area contributed by atoms with Gasteiger partial charge in [-0.1, -0.05) is 31.6 Å². The zero-order valence-corrected chi connectivity index (χ0v) is 15.9. The first-order valence-electron chi connectivity index (χ1n) is 9.23. The van der Waals surface area contributed by atoms with Gasteiger partial charge in [-0.25, -0.2) is 9.78 Å². The standard InChI is InChI=1S/C22H22N2O4/c1-3-6-18-19(11-9-15-7-5-8-17(13-15)28-4-2)23-20-12-10-16(22(26)27)14-24(20)21(18)25/h5,7-14H,3-4,6H2,1-2H3,(H,26,27)/b11-9+. The van der Waals surface area contributed by atoms with Crippen LogP contribution < -0.4 is 10.3 Å². The van der Waals surface area contributed by atoms with Crippen LogP contribution in [0, 0.1) is 0 Å². The van der Waals surface area contributed by atoms with E-state index in [9.17, 15) is 14.7 Å². The van der Waals surface area contributed by atoms with E-state index < -0.39 is 5.97 Å². The summed E-state index contributed by atoms with van der Waals surface area (Å²) in [7, 11) is 0. The second-order valence-corrected chi connectivity index (χ2v) is 6.32. The van der Waals surface area contributed by atoms with Crippen LogP contribution in [0.25, 0.3) is 17.8 Å². The predicted molar refractivity (Wildman–Crippen MR) is 109 cm³/mol. The van der Waals surface area contributed by atoms with Crippen LogP contribution in [0.1, 0.15) is 47.4 Å². The Labute approximate surface area is 162 Å². The third kappa shape index (κ3) is 4.11. The van der Waals surface area contributed by atoms with Gasteiger partial charge in [0.1, 0.15) is 11.4 Å². The van der Waals surface area contributed by atoms with E-state index in [0.717, 1.165) is 17.7 Å². The van der Waals surface area contributed by atoms with Gasteiger partial charge in [0, 0.05) is 11.8 Å². The van der Waals surface area contributed by atoms with E-state index in [4.69, 9.17) is 4.74 Å². The minimum absolute atomic E-state index is 0.0508. The van der Waals surface area contributed by atoms with Crippen molar-refractivity contribution in [1.82, 2.24) is 9.38 Å². The molecule has 0 spiro atoms. The first kappa shape index (κ1) is 19.4. The fraction of sp³-hybridized carbons (Fsp3) is 0.227. The maximum atomic E-state index is 12.9. The molecule has 0 amide bonds. The molecule has 2 heterocycles. The molecule has 6 heteroatoms. The number of carboxylic acids is 1. The average Bonchev–Trinajstić information content (AvgIpc) is 2.69. The van der Waals surface area contributed by atoms with E-state index >= 15 is 0 Å². The lowest BCUT2D eigenvalue weighted by molar-refractivity contribution is 0.0696. The molecule has 0 aliphatic rings. The third-order valence-corrected chi connectivity index (χ3v) is 4.30. The molecular weight excluding hydrogens is 356 g/mol. The van der Waals surface area contributed by atoms with Crippen molar-refractivity contribution in [1.29, 1.82) is 0 Å². The summed E-state index contributed by atoms with van der Waals surface area (Å²) in [4.78, 5) is 28.7. The molecular formula is C22H22N2O4. The molecule has 3 aromatic rings. The minimum Gasteiger partial charge on any atom is -0.494 e. The van der Waals surface area contributed by atoms with Crippen LogP contribution in [-0.2, 0) is 6.42 Å². The van der Waals surface area contributed by atoms with E-state index in [-0.39, 0.29) is 11.1 Å². The summed E-state index contributed by atoms with van der Waals surface area (Å²) < 4.78 is 6.82. The van der Waals surface area contributed by atoms with Crippen LogP contribution in [0.15, 0.2) is 47.4 Å². The average molecular weight is 378 g/mol. The van der Waals surface area contributed by atoms with E-state index in [2.05, 4.69) is 4.98 Å². The minimum atomic E-state index is -1.08. The van der Waals surface area contributed by atoms with Crippen molar-refractivity contribution >= 4 is 23.8 Å². The number of benzene rings is 1. The highest BCUT2D eigenvalue weighted by Crippen LogP contribution is 2.17. The van der Waals surface area contributed by atoms with Crippen LogP contribution in [0.5, 0.6) is 5.75 Å². The molecule has 1 N–H and O–H groups in total. The van der Waals surface area contributed by atoms with Gasteiger partial charge in [-0.05, 0) is 49.2 Å². The molecule has 0 saturated heterocycles. The monoisotopic (exact) mass is 378 g/mol. The van der Waals surface area contributed by atoms with Crippen LogP contribution in [-0.4, -0.2) is 27.1 Å². The SMILES string of the molecule is CCCc1c(/C=C/c2cccc(OCC)c2)nc2ccc(C(=O)O)cn2c1=O. The molecule has 0 unspecified atom stereocenters. The summed E-state index contributed by atoms with van der Waals surface area (Å²) >= 11 is 0. The number of pyridine rings is 1. The zero-order chi connectivity index (χ0) is 20.1. The first-order chi connectivity index (χ1) is 13.5. The van der Waals surface area contributed by atoms with E-state index in [1.54, 1.807) is 6.07 Å². The molecule has 144 valence electrons. The fourth-order valence-electron chi connectivity index (χ4n) is 2.99. The van der Waals surface area contributed by atoms with Crippen molar-refractivity contribution in [2.75, 3.05) is 6.61 Å². The molecule has 0 aliphatic heterocycles. The number of carbonyl (C=O) groups is 1. The Morgan fingerprint density at radius 3 is 2.75 bits per heavy atom. The van der Waals surface area contributed by atoms with Crippen LogP contribution in [0.2, 0.25) is 0 Å². The number of carboxylic acid groups (broad SMARTS) is 1. The Kier molecular flexibility index (Phi) is 5.89. The molecule has 1 aromatic carbocycles. The summed E-state index contributed by atoms with van der Waals surface area (Å²) in [6, 6.07) is 10.7. The number of fused-ring (bicyclic) bond motifs is 1. The maximum Gasteiger partial charge on any atom is 0.337 e. The van der Waals surface area contributed by atoms with Gasteiger partial charge in [0.2, 0.25) is 0 Å². The number of hydrogen-bond donors (Lipinski definition) is 1. The molecule has 3 rings (SSSR count). The Bertz CT molecular complexity index is 1100. The first-order valence-corrected chi connectivity index (χ1v) is 9.23. The highest BCUT2D eigenvalue weighted by Gasteiger charge is 2.12. The fourth-order valence-corrected chi connectivity index (χ4v) is 2.99. The Morgan fingerprint density at radius 1 is 1.21 bits per heavy atom. The van der Waals surface area contributed by atoms with Gasteiger partial charge in [0.15, 0.2) is 0 Å². The van der Waals surface area contributed by atoms with Crippen LogP contribution >= 0.6 is 0 Å². The van der Waals surface area contributed by atoms with Gasteiger partial charge in [-0.3, -0.25) is 9.20 Å². The summed E-state index contributed by atoms with van der Waals surface area (Å²) in [6.45, 7) is 4.51. The van der Waals surface area contributed by atoms with E-state index in [1.165, 1.54) is 16.7 Å². The molecule has 6 nitrogen and oxygen atoms in total. The van der Waals surface area contributed by atoms with Crippen LogP contribution in [0.3, 0.4) is 0 Å². The lowest BCUT2D eigenvalue weighted by Crippen LogP contribution is -2.22. The Balaban J connectivity index is 2.08. The molecule has 0 aliphatic carbocycles. The second-order valence-electron chi connectivity index (χ2n) is 6.32. The number of aromatic nitrogens is 2. The highest BCUT2D eigenvalue weighted by atomic mass is 16.5. The van der Waals surface area contributed by atoms with Crippen LogP contribution in [0.4, 0.5) is 0 Å². The number of hydrogen-bond acceptors (Lipinski definition) is 4. The zero-order valence-electron chi connectivity index (χ0n) is 15.9. The van der Waals surface area contributed by atoms with Gasteiger partial charge >= 0.3 is 5.97 Å². The van der Waals surface area contributed by atoms with Gasteiger partial charge in [0.05, 0.1) is 17.9 Å². The van der Waals surface area contributed by atoms with Gasteiger partial charge in [-0.2, -0.15) is 0 Å². The molecule has 28 heavy (non-hydrogen) atoms. The summed E-state index contributed by atoms with van der Waals surface area (Å²) in [5.74, 6) is -0.296. The van der Waals surface area contributed by atoms with Gasteiger partial charge in [-0.15, -0.1) is 0 Å². The largest absolute Gasteiger partial charge is 0.494 e. The maximum absolute atomic E-state index is 12.9. The molecule has 0 bridgehead atoms. The molecule has 2 aromatic heterocycles. The molecule has 0 atom stereocenters. The summed E-state index contributed by atoms with van der Waals surface area (Å²) in [5.41, 5.74) is 2.33. The third-order valence-electron chi connectivity index (χ3n) is 4.30. The smallest absolute Gasteiger partial charge is 0.337 e. The van der Waals surface area contributed by atoms with Crippen molar-refractivity contribution in [3.8, 4) is 5.75 Å². The van der Waals surface area contributed by atoms with E-state index in [0.29, 0.717) is 29.9 Å². The van der Waals surface area contributed by atoms with Crippen molar-refractivity contribution in [3.63, 3.8) is 0 Å². The lowest BCUT2D eigenvalue weighted by Gasteiger charge is -2.08. The summed E-state index contributed by atoms with van der Waals surface area (Å²) in [5, 5.41) is 9.18. The normalized spacial score (nSPS) is 11.2. The highest BCUT2D eigenvalue weighted by molar-refractivity contribution is 5.87. The van der Waals surface area contributed by atoms with Gasteiger partial charge in [0.25, 0.3) is 5.56 Å². The van der Waals surface area contributed by atoms with Crippen molar-refractivity contribution < 1.29 is 14.6 Å². The van der Waals surface area contributed by atoms with Gasteiger partial charge < -0.3 is 9.84 Å². The second kappa shape index (κ2) is 8.52. The number of ether oxygens (including phenoxy) is 1. The molecule has 0 saturated carbocycles. The topological polar surface area (TPSA) is 80.9 Å². The molecule has 0 radical (unpaired) electrons. The quantitative estimate of drug-likeness (QED) is 0.674. The van der Waals surface area contributed by atoms with Crippen molar-refractivity contribution in [2.24, 2.45) is 0 Å². The number of aromatic carboxylic acids is 1.